The van der Waals surface area contributed by atoms with Gasteiger partial charge < -0.3 is 5.32 Å². The highest BCUT2D eigenvalue weighted by Gasteiger charge is 2.11. The van der Waals surface area contributed by atoms with Crippen LogP contribution in [0.3, 0.4) is 0 Å². The Bertz CT molecular complexity index is 493. The molecule has 2 aromatic rings. The van der Waals surface area contributed by atoms with Crippen LogP contribution in [0.5, 0.6) is 0 Å². The second kappa shape index (κ2) is 5.65. The molecular formula is C12H16ClN3S. The summed E-state index contributed by atoms with van der Waals surface area (Å²) in [7, 11) is 0. The number of hydrogen-bond acceptors (Lipinski definition) is 4. The van der Waals surface area contributed by atoms with E-state index >= 15 is 0 Å². The molecule has 2 rings (SSSR count). The van der Waals surface area contributed by atoms with Crippen molar-refractivity contribution in [1.29, 1.82) is 0 Å². The first-order chi connectivity index (χ1) is 8.28. The maximum atomic E-state index is 5.90. The van der Waals surface area contributed by atoms with Crippen LogP contribution >= 0.6 is 22.9 Å². The lowest BCUT2D eigenvalue weighted by Crippen LogP contribution is -2.20. The van der Waals surface area contributed by atoms with Crippen LogP contribution in [0.1, 0.15) is 25.1 Å². The molecule has 0 amide bonds. The molecule has 0 saturated carbocycles. The number of rotatable bonds is 5. The Labute approximate surface area is 110 Å². The molecule has 0 spiro atoms. The number of aromatic nitrogens is 2. The number of nitrogens with one attached hydrogen (secondary N) is 1. The largest absolute Gasteiger partial charge is 0.366 e. The van der Waals surface area contributed by atoms with Crippen molar-refractivity contribution in [3.8, 4) is 0 Å². The molecule has 0 bridgehead atoms. The summed E-state index contributed by atoms with van der Waals surface area (Å²) in [6.07, 6.45) is 3.63. The van der Waals surface area contributed by atoms with Gasteiger partial charge in [0.2, 0.25) is 0 Å². The topological polar surface area (TPSA) is 37.8 Å². The van der Waals surface area contributed by atoms with Gasteiger partial charge in [-0.3, -0.25) is 0 Å². The first kappa shape index (κ1) is 12.6. The Morgan fingerprint density at radius 2 is 2.24 bits per heavy atom. The Hall–Kier alpha value is -0.870. The predicted molar refractivity (Wildman–Crippen MR) is 75.2 cm³/mol. The summed E-state index contributed by atoms with van der Waals surface area (Å²) in [6, 6.07) is 2.43. The van der Waals surface area contributed by atoms with Crippen LogP contribution in [0.2, 0.25) is 0 Å². The van der Waals surface area contributed by atoms with Gasteiger partial charge in [-0.15, -0.1) is 22.9 Å². The van der Waals surface area contributed by atoms with Crippen LogP contribution in [0.15, 0.2) is 12.4 Å². The van der Waals surface area contributed by atoms with Crippen LogP contribution in [-0.4, -0.2) is 21.9 Å². The molecule has 0 aliphatic carbocycles. The lowest BCUT2D eigenvalue weighted by atomic mass is 10.2. The lowest BCUT2D eigenvalue weighted by Gasteiger charge is -2.14. The van der Waals surface area contributed by atoms with Gasteiger partial charge in [0.25, 0.3) is 0 Å². The van der Waals surface area contributed by atoms with Crippen molar-refractivity contribution < 1.29 is 0 Å². The van der Waals surface area contributed by atoms with E-state index in [1.54, 1.807) is 17.7 Å². The molecule has 1 unspecified atom stereocenters. The zero-order valence-electron chi connectivity index (χ0n) is 10.0. The van der Waals surface area contributed by atoms with E-state index in [2.05, 4.69) is 35.2 Å². The maximum absolute atomic E-state index is 5.90. The number of hydrogen-bond donors (Lipinski definition) is 1. The lowest BCUT2D eigenvalue weighted by molar-refractivity contribution is 0.766. The van der Waals surface area contributed by atoms with Crippen LogP contribution in [0, 0.1) is 0 Å². The first-order valence-corrected chi connectivity index (χ1v) is 7.19. The average molecular weight is 270 g/mol. The van der Waals surface area contributed by atoms with Crippen molar-refractivity contribution in [1.82, 2.24) is 9.97 Å². The monoisotopic (exact) mass is 269 g/mol. The van der Waals surface area contributed by atoms with Crippen molar-refractivity contribution in [2.45, 2.75) is 32.7 Å². The van der Waals surface area contributed by atoms with Gasteiger partial charge in [-0.1, -0.05) is 13.8 Å². The molecule has 3 nitrogen and oxygen atoms in total. The fourth-order valence-electron chi connectivity index (χ4n) is 1.64. The summed E-state index contributed by atoms with van der Waals surface area (Å²) in [4.78, 5) is 11.0. The van der Waals surface area contributed by atoms with Gasteiger partial charge in [0.05, 0.1) is 5.39 Å². The van der Waals surface area contributed by atoms with Gasteiger partial charge in [0, 0.05) is 16.8 Å². The Kier molecular flexibility index (Phi) is 4.18. The van der Waals surface area contributed by atoms with Gasteiger partial charge in [-0.05, 0) is 18.9 Å². The number of aryl methyl sites for hydroxylation is 1. The number of halogens is 1. The molecule has 0 fully saturated rings. The molecule has 17 heavy (non-hydrogen) atoms. The number of alkyl halides is 1. The Balaban J connectivity index is 2.36. The zero-order chi connectivity index (χ0) is 12.3. The predicted octanol–water partition coefficient (Wildman–Crippen LogP) is 3.68. The molecular weight excluding hydrogens is 254 g/mol. The highest BCUT2D eigenvalue weighted by Crippen LogP contribution is 2.28. The van der Waals surface area contributed by atoms with Gasteiger partial charge in [-0.25, -0.2) is 9.97 Å². The van der Waals surface area contributed by atoms with E-state index in [0.717, 1.165) is 28.9 Å². The number of thiophene rings is 1. The molecule has 1 N–H and O–H groups in total. The third-order valence-corrected chi connectivity index (χ3v) is 4.31. The first-order valence-electron chi connectivity index (χ1n) is 5.84. The minimum atomic E-state index is 0.264. The third-order valence-electron chi connectivity index (χ3n) is 2.75. The molecule has 0 saturated heterocycles. The van der Waals surface area contributed by atoms with Crippen LogP contribution in [-0.2, 0) is 6.42 Å². The van der Waals surface area contributed by atoms with Crippen molar-refractivity contribution >= 4 is 39.0 Å². The molecule has 2 aromatic heterocycles. The highest BCUT2D eigenvalue weighted by atomic mass is 35.5. The van der Waals surface area contributed by atoms with Crippen LogP contribution in [0.25, 0.3) is 10.2 Å². The van der Waals surface area contributed by atoms with E-state index in [1.165, 1.54) is 4.88 Å². The van der Waals surface area contributed by atoms with Crippen LogP contribution in [0.4, 0.5) is 5.82 Å². The molecule has 0 aliphatic rings. The van der Waals surface area contributed by atoms with Crippen molar-refractivity contribution in [3.05, 3.63) is 17.3 Å². The molecule has 92 valence electrons. The van der Waals surface area contributed by atoms with E-state index in [4.69, 9.17) is 11.6 Å². The minimum Gasteiger partial charge on any atom is -0.366 e. The smallest absolute Gasteiger partial charge is 0.138 e. The molecule has 0 radical (unpaired) electrons. The summed E-state index contributed by atoms with van der Waals surface area (Å²) in [5, 5.41) is 4.49. The summed E-state index contributed by atoms with van der Waals surface area (Å²) >= 11 is 7.63. The Morgan fingerprint density at radius 1 is 1.41 bits per heavy atom. The van der Waals surface area contributed by atoms with Crippen molar-refractivity contribution in [2.75, 3.05) is 11.2 Å². The molecule has 2 heterocycles. The number of nitrogens with zero attached hydrogens (tertiary/aromatic N) is 2. The number of anilines is 1. The fourth-order valence-corrected chi connectivity index (χ4v) is 2.87. The molecule has 0 aromatic carbocycles. The van der Waals surface area contributed by atoms with E-state index in [0.29, 0.717) is 5.88 Å². The summed E-state index contributed by atoms with van der Waals surface area (Å²) in [5.41, 5.74) is 0. The Morgan fingerprint density at radius 3 is 2.88 bits per heavy atom. The van der Waals surface area contributed by atoms with Gasteiger partial charge in [-0.2, -0.15) is 0 Å². The van der Waals surface area contributed by atoms with Crippen LogP contribution < -0.4 is 5.32 Å². The zero-order valence-corrected chi connectivity index (χ0v) is 11.6. The normalized spacial score (nSPS) is 12.9. The van der Waals surface area contributed by atoms with E-state index in [-0.39, 0.29) is 6.04 Å². The van der Waals surface area contributed by atoms with Gasteiger partial charge >= 0.3 is 0 Å². The van der Waals surface area contributed by atoms with Crippen molar-refractivity contribution in [3.63, 3.8) is 0 Å². The van der Waals surface area contributed by atoms with Crippen molar-refractivity contribution in [2.24, 2.45) is 0 Å². The number of fused-ring (bicyclic) bond motifs is 1. The van der Waals surface area contributed by atoms with E-state index < -0.39 is 0 Å². The highest BCUT2D eigenvalue weighted by molar-refractivity contribution is 7.18. The third kappa shape index (κ3) is 2.69. The average Bonchev–Trinajstić information content (AvgIpc) is 2.79. The minimum absolute atomic E-state index is 0.264. The maximum Gasteiger partial charge on any atom is 0.138 e. The second-order valence-electron chi connectivity index (χ2n) is 3.91. The molecule has 1 atom stereocenters. The summed E-state index contributed by atoms with van der Waals surface area (Å²) in [5.74, 6) is 1.49. The molecule has 0 aliphatic heterocycles. The fraction of sp³-hybridized carbons (Fsp3) is 0.500. The van der Waals surface area contributed by atoms with Gasteiger partial charge in [0.1, 0.15) is 17.0 Å². The van der Waals surface area contributed by atoms with E-state index in [9.17, 15) is 0 Å². The molecule has 5 heteroatoms. The second-order valence-corrected chi connectivity index (χ2v) is 5.33. The summed E-state index contributed by atoms with van der Waals surface area (Å²) < 4.78 is 0. The SMILES string of the molecule is CCc1cc2c(NC(CC)CCl)ncnc2s1. The quantitative estimate of drug-likeness (QED) is 0.842. The van der Waals surface area contributed by atoms with E-state index in [1.807, 2.05) is 0 Å². The standard InChI is InChI=1S/C12H16ClN3S/c1-3-8(6-13)16-11-10-5-9(4-2)17-12(10)15-7-14-11/h5,7-8H,3-4,6H2,1-2H3,(H,14,15,16). The summed E-state index contributed by atoms with van der Waals surface area (Å²) in [6.45, 7) is 4.27. The van der Waals surface area contributed by atoms with Gasteiger partial charge in [0.15, 0.2) is 0 Å².